The Hall–Kier alpha value is -2.44. The number of benzene rings is 1. The van der Waals surface area contributed by atoms with Gasteiger partial charge in [0.05, 0.1) is 20.8 Å². The molecule has 0 radical (unpaired) electrons. The molecule has 0 aliphatic heterocycles. The van der Waals surface area contributed by atoms with Gasteiger partial charge in [-0.2, -0.15) is 0 Å². The molecule has 0 atom stereocenters. The van der Waals surface area contributed by atoms with Crippen LogP contribution in [0.4, 0.5) is 4.79 Å². The molecule has 0 aromatic heterocycles. The molecule has 0 aliphatic rings. The first-order chi connectivity index (χ1) is 10.3. The first-order valence-corrected chi connectivity index (χ1v) is 6.71. The molecule has 0 bridgehead atoms. The Bertz CT molecular complexity index is 549. The van der Waals surface area contributed by atoms with Crippen molar-refractivity contribution >= 4 is 11.8 Å². The molecule has 122 valence electrons. The maximum atomic E-state index is 11.6. The predicted molar refractivity (Wildman–Crippen MR) is 82.1 cm³/mol. The molecule has 0 saturated heterocycles. The summed E-state index contributed by atoms with van der Waals surface area (Å²) in [6, 6.07) is 5.05. The summed E-state index contributed by atoms with van der Waals surface area (Å²) in [4.78, 5) is 11.6. The molecule has 7 nitrogen and oxygen atoms in total. The number of amides is 1. The van der Waals surface area contributed by atoms with Gasteiger partial charge < -0.3 is 24.7 Å². The maximum Gasteiger partial charge on any atom is 0.407 e. The molecular weight excluding hydrogens is 288 g/mol. The monoisotopic (exact) mass is 310 g/mol. The van der Waals surface area contributed by atoms with E-state index in [1.165, 1.54) is 7.11 Å². The second-order valence-electron chi connectivity index (χ2n) is 5.47. The lowest BCUT2D eigenvalue weighted by atomic mass is 10.1. The highest BCUT2D eigenvalue weighted by Gasteiger charge is 2.18. The summed E-state index contributed by atoms with van der Waals surface area (Å²) < 4.78 is 15.5. The van der Waals surface area contributed by atoms with Crippen molar-refractivity contribution < 1.29 is 24.2 Å². The fourth-order valence-corrected chi connectivity index (χ4v) is 1.69. The molecule has 22 heavy (non-hydrogen) atoms. The second kappa shape index (κ2) is 7.53. The largest absolute Gasteiger partial charge is 0.497 e. The van der Waals surface area contributed by atoms with Gasteiger partial charge in [-0.1, -0.05) is 5.16 Å². The van der Waals surface area contributed by atoms with E-state index in [9.17, 15) is 10.0 Å². The first-order valence-electron chi connectivity index (χ1n) is 6.71. The number of hydrogen-bond donors (Lipinski definition) is 2. The molecule has 0 heterocycles. The number of oxime groups is 1. The Labute approximate surface area is 129 Å². The molecule has 1 amide bonds. The van der Waals surface area contributed by atoms with Crippen molar-refractivity contribution in [1.29, 1.82) is 0 Å². The van der Waals surface area contributed by atoms with Crippen LogP contribution in [0, 0.1) is 0 Å². The van der Waals surface area contributed by atoms with E-state index in [4.69, 9.17) is 14.2 Å². The van der Waals surface area contributed by atoms with Crippen molar-refractivity contribution in [1.82, 2.24) is 5.32 Å². The zero-order valence-electron chi connectivity index (χ0n) is 13.5. The van der Waals surface area contributed by atoms with Crippen molar-refractivity contribution in [2.45, 2.75) is 26.4 Å². The molecule has 1 aromatic rings. The molecule has 0 saturated carbocycles. The van der Waals surface area contributed by atoms with Crippen LogP contribution in [0.5, 0.6) is 11.5 Å². The van der Waals surface area contributed by atoms with Gasteiger partial charge in [-0.05, 0) is 32.9 Å². The van der Waals surface area contributed by atoms with Crippen molar-refractivity contribution in [3.05, 3.63) is 23.8 Å². The molecule has 1 rings (SSSR count). The minimum Gasteiger partial charge on any atom is -0.497 e. The zero-order chi connectivity index (χ0) is 16.8. The number of rotatable bonds is 5. The van der Waals surface area contributed by atoms with Gasteiger partial charge in [0.2, 0.25) is 0 Å². The lowest BCUT2D eigenvalue weighted by molar-refractivity contribution is 0.0536. The molecule has 2 N–H and O–H groups in total. The van der Waals surface area contributed by atoms with Crippen LogP contribution < -0.4 is 14.8 Å². The van der Waals surface area contributed by atoms with E-state index in [1.54, 1.807) is 46.1 Å². The number of ether oxygens (including phenoxy) is 3. The Morgan fingerprint density at radius 1 is 1.27 bits per heavy atom. The molecule has 0 unspecified atom stereocenters. The number of carbonyl (C=O) groups excluding carboxylic acids is 1. The Kier molecular flexibility index (Phi) is 6.03. The van der Waals surface area contributed by atoms with Crippen molar-refractivity contribution in [3.63, 3.8) is 0 Å². The summed E-state index contributed by atoms with van der Waals surface area (Å²) in [5.74, 6) is 1.08. The summed E-state index contributed by atoms with van der Waals surface area (Å²) in [5.41, 5.74) is 0.186. The number of nitrogens with one attached hydrogen (secondary N) is 1. The van der Waals surface area contributed by atoms with Gasteiger partial charge in [-0.25, -0.2) is 4.79 Å². The van der Waals surface area contributed by atoms with Gasteiger partial charge in [-0.15, -0.1) is 0 Å². The minimum absolute atomic E-state index is 0.00585. The van der Waals surface area contributed by atoms with E-state index in [1.807, 2.05) is 0 Å². The average molecular weight is 310 g/mol. The van der Waals surface area contributed by atoms with Crippen LogP contribution in [-0.2, 0) is 4.74 Å². The molecule has 0 aliphatic carbocycles. The smallest absolute Gasteiger partial charge is 0.407 e. The third-order valence-corrected chi connectivity index (χ3v) is 2.64. The summed E-state index contributed by atoms with van der Waals surface area (Å²) in [7, 11) is 3.04. The summed E-state index contributed by atoms with van der Waals surface area (Å²) in [6.45, 7) is 5.29. The van der Waals surface area contributed by atoms with E-state index in [0.29, 0.717) is 17.1 Å². The van der Waals surface area contributed by atoms with Crippen LogP contribution in [0.25, 0.3) is 0 Å². The quantitative estimate of drug-likeness (QED) is 0.495. The lowest BCUT2D eigenvalue weighted by Gasteiger charge is -2.20. The fraction of sp³-hybridized carbons (Fsp3) is 0.467. The highest BCUT2D eigenvalue weighted by molar-refractivity contribution is 6.05. The maximum absolute atomic E-state index is 11.6. The lowest BCUT2D eigenvalue weighted by Crippen LogP contribution is -2.35. The van der Waals surface area contributed by atoms with Crippen LogP contribution in [0.1, 0.15) is 26.3 Å². The standard InChI is InChI=1S/C15H22N2O5/c1-15(2,3)22-14(18)16-9-12(17-19)11-7-6-10(20-4)8-13(11)21-5/h6-8,19H,9H2,1-5H3,(H,16,18)/b17-12+. The van der Waals surface area contributed by atoms with Gasteiger partial charge >= 0.3 is 6.09 Å². The van der Waals surface area contributed by atoms with Gasteiger partial charge in [0.1, 0.15) is 22.8 Å². The van der Waals surface area contributed by atoms with Crippen molar-refractivity contribution in [2.24, 2.45) is 5.16 Å². The zero-order valence-corrected chi connectivity index (χ0v) is 13.5. The number of carbonyl (C=O) groups is 1. The van der Waals surface area contributed by atoms with Crippen LogP contribution in [0.15, 0.2) is 23.4 Å². The third-order valence-electron chi connectivity index (χ3n) is 2.64. The molecule has 0 spiro atoms. The average Bonchev–Trinajstić information content (AvgIpc) is 2.46. The van der Waals surface area contributed by atoms with E-state index >= 15 is 0 Å². The van der Waals surface area contributed by atoms with Crippen molar-refractivity contribution in [2.75, 3.05) is 20.8 Å². The van der Waals surface area contributed by atoms with Crippen LogP contribution in [-0.4, -0.2) is 43.4 Å². The summed E-state index contributed by atoms with van der Waals surface area (Å²) in [6.07, 6.45) is -0.596. The SMILES string of the molecule is COc1ccc(/C(CNC(=O)OC(C)(C)C)=N/O)c(OC)c1. The molecule has 1 aromatic carbocycles. The first kappa shape index (κ1) is 17.6. The van der Waals surface area contributed by atoms with Crippen LogP contribution in [0.3, 0.4) is 0 Å². The van der Waals surface area contributed by atoms with E-state index in [0.717, 1.165) is 0 Å². The van der Waals surface area contributed by atoms with E-state index in [-0.39, 0.29) is 12.3 Å². The topological polar surface area (TPSA) is 89.4 Å². The highest BCUT2D eigenvalue weighted by Crippen LogP contribution is 2.25. The summed E-state index contributed by atoms with van der Waals surface area (Å²) >= 11 is 0. The minimum atomic E-state index is -0.599. The number of methoxy groups -OCH3 is 2. The normalized spacial score (nSPS) is 11.8. The van der Waals surface area contributed by atoms with E-state index < -0.39 is 11.7 Å². The van der Waals surface area contributed by atoms with Crippen LogP contribution >= 0.6 is 0 Å². The van der Waals surface area contributed by atoms with Gasteiger partial charge in [0, 0.05) is 11.6 Å². The van der Waals surface area contributed by atoms with Gasteiger partial charge in [0.15, 0.2) is 0 Å². The fourth-order valence-electron chi connectivity index (χ4n) is 1.69. The predicted octanol–water partition coefficient (Wildman–Crippen LogP) is 2.41. The molecule has 7 heteroatoms. The Morgan fingerprint density at radius 2 is 1.95 bits per heavy atom. The van der Waals surface area contributed by atoms with E-state index in [2.05, 4.69) is 10.5 Å². The molecular formula is C15H22N2O5. The second-order valence-corrected chi connectivity index (χ2v) is 5.47. The Morgan fingerprint density at radius 3 is 2.45 bits per heavy atom. The van der Waals surface area contributed by atoms with Crippen LogP contribution in [0.2, 0.25) is 0 Å². The summed E-state index contributed by atoms with van der Waals surface area (Å²) in [5, 5.41) is 14.9. The molecule has 0 fully saturated rings. The van der Waals surface area contributed by atoms with Gasteiger partial charge in [0.25, 0.3) is 0 Å². The Balaban J connectivity index is 2.83. The number of hydrogen-bond acceptors (Lipinski definition) is 6. The number of alkyl carbamates (subject to hydrolysis) is 1. The van der Waals surface area contributed by atoms with Gasteiger partial charge in [-0.3, -0.25) is 0 Å². The highest BCUT2D eigenvalue weighted by atomic mass is 16.6. The number of nitrogens with zero attached hydrogens (tertiary/aromatic N) is 1. The third kappa shape index (κ3) is 5.16. The van der Waals surface area contributed by atoms with Crippen molar-refractivity contribution in [3.8, 4) is 11.5 Å².